The summed E-state index contributed by atoms with van der Waals surface area (Å²) in [5.41, 5.74) is 2.61. The number of carbonyl (C=O) groups excluding carboxylic acids is 2. The molecular formula is C21H26N2O3. The van der Waals surface area contributed by atoms with Gasteiger partial charge in [-0.15, -0.1) is 0 Å². The number of hydrogen-bond acceptors (Lipinski definition) is 4. The maximum absolute atomic E-state index is 12.9. The van der Waals surface area contributed by atoms with Crippen LogP contribution >= 0.6 is 0 Å². The van der Waals surface area contributed by atoms with Crippen molar-refractivity contribution in [3.8, 4) is 0 Å². The zero-order valence-electron chi connectivity index (χ0n) is 15.7. The van der Waals surface area contributed by atoms with Crippen LogP contribution < -0.4 is 10.6 Å². The van der Waals surface area contributed by atoms with Crippen molar-refractivity contribution in [3.63, 3.8) is 0 Å². The Balaban J connectivity index is 2.27. The minimum absolute atomic E-state index is 0.0270. The third-order valence-corrected chi connectivity index (χ3v) is 4.18. The quantitative estimate of drug-likeness (QED) is 0.747. The van der Waals surface area contributed by atoms with Gasteiger partial charge in [0.2, 0.25) is 5.91 Å². The summed E-state index contributed by atoms with van der Waals surface area (Å²) >= 11 is 0. The lowest BCUT2D eigenvalue weighted by Gasteiger charge is -2.26. The van der Waals surface area contributed by atoms with Gasteiger partial charge in [-0.2, -0.15) is 0 Å². The lowest BCUT2D eigenvalue weighted by molar-refractivity contribution is -0.144. The van der Waals surface area contributed by atoms with E-state index in [1.165, 1.54) is 7.11 Å². The standard InChI is InChI=1S/C21H26N2O3/c1-14(2)18(21(25)26-4)23-19(16-8-6-5-7-9-16)20(24)22-17-12-10-15(3)11-13-17/h5-14,18-19,23H,1-4H3,(H,22,24)/t18-,19+/m0/s1. The van der Waals surface area contributed by atoms with Crippen LogP contribution in [-0.2, 0) is 14.3 Å². The molecule has 0 aliphatic carbocycles. The molecule has 5 nitrogen and oxygen atoms in total. The summed E-state index contributed by atoms with van der Waals surface area (Å²) in [6.45, 7) is 5.81. The molecule has 0 bridgehead atoms. The van der Waals surface area contributed by atoms with Crippen LogP contribution in [0.5, 0.6) is 0 Å². The van der Waals surface area contributed by atoms with Crippen LogP contribution in [0.2, 0.25) is 0 Å². The Hall–Kier alpha value is -2.66. The van der Waals surface area contributed by atoms with Crippen LogP contribution in [-0.4, -0.2) is 25.0 Å². The van der Waals surface area contributed by atoms with Gasteiger partial charge >= 0.3 is 5.97 Å². The summed E-state index contributed by atoms with van der Waals surface area (Å²) in [7, 11) is 1.35. The van der Waals surface area contributed by atoms with Gasteiger partial charge < -0.3 is 10.1 Å². The molecule has 26 heavy (non-hydrogen) atoms. The number of anilines is 1. The molecule has 0 fully saturated rings. The topological polar surface area (TPSA) is 67.4 Å². The van der Waals surface area contributed by atoms with Gasteiger partial charge in [0.05, 0.1) is 7.11 Å². The van der Waals surface area contributed by atoms with E-state index in [-0.39, 0.29) is 17.8 Å². The summed E-state index contributed by atoms with van der Waals surface area (Å²) in [5.74, 6) is -0.639. The molecule has 0 heterocycles. The Morgan fingerprint density at radius 1 is 0.962 bits per heavy atom. The second-order valence-corrected chi connectivity index (χ2v) is 6.61. The maximum atomic E-state index is 12.9. The molecule has 0 unspecified atom stereocenters. The molecule has 2 rings (SSSR count). The third-order valence-electron chi connectivity index (χ3n) is 4.18. The Labute approximate surface area is 154 Å². The number of rotatable bonds is 7. The van der Waals surface area contributed by atoms with E-state index in [2.05, 4.69) is 10.6 Å². The van der Waals surface area contributed by atoms with Crippen molar-refractivity contribution in [3.05, 3.63) is 65.7 Å². The lowest BCUT2D eigenvalue weighted by Crippen LogP contribution is -2.47. The monoisotopic (exact) mass is 354 g/mol. The highest BCUT2D eigenvalue weighted by Gasteiger charge is 2.30. The van der Waals surface area contributed by atoms with Crippen LogP contribution in [0.1, 0.15) is 31.0 Å². The predicted molar refractivity (Wildman–Crippen MR) is 103 cm³/mol. The zero-order valence-corrected chi connectivity index (χ0v) is 15.7. The van der Waals surface area contributed by atoms with Crippen molar-refractivity contribution in [2.45, 2.75) is 32.9 Å². The van der Waals surface area contributed by atoms with Crippen molar-refractivity contribution in [2.75, 3.05) is 12.4 Å². The average molecular weight is 354 g/mol. The Bertz CT molecular complexity index is 727. The largest absolute Gasteiger partial charge is 0.468 e. The molecule has 0 aromatic heterocycles. The fraction of sp³-hybridized carbons (Fsp3) is 0.333. The van der Waals surface area contributed by atoms with E-state index in [0.717, 1.165) is 11.1 Å². The summed E-state index contributed by atoms with van der Waals surface area (Å²) < 4.78 is 4.89. The highest BCUT2D eigenvalue weighted by molar-refractivity contribution is 5.96. The fourth-order valence-corrected chi connectivity index (χ4v) is 2.66. The summed E-state index contributed by atoms with van der Waals surface area (Å²) in [4.78, 5) is 25.1. The van der Waals surface area contributed by atoms with E-state index in [9.17, 15) is 9.59 Å². The molecule has 0 saturated heterocycles. The van der Waals surface area contributed by atoms with Gasteiger partial charge in [-0.05, 0) is 30.5 Å². The van der Waals surface area contributed by atoms with Crippen LogP contribution in [0.4, 0.5) is 5.69 Å². The molecule has 0 aliphatic heterocycles. The number of methoxy groups -OCH3 is 1. The fourth-order valence-electron chi connectivity index (χ4n) is 2.66. The SMILES string of the molecule is COC(=O)[C@@H](N[C@@H](C(=O)Nc1ccc(C)cc1)c1ccccc1)C(C)C. The van der Waals surface area contributed by atoms with E-state index < -0.39 is 12.1 Å². The first-order valence-electron chi connectivity index (χ1n) is 8.68. The minimum atomic E-state index is -0.677. The predicted octanol–water partition coefficient (Wildman–Crippen LogP) is 3.46. The van der Waals surface area contributed by atoms with Crippen LogP contribution in [0.25, 0.3) is 0 Å². The van der Waals surface area contributed by atoms with Gasteiger partial charge in [0, 0.05) is 5.69 Å². The Morgan fingerprint density at radius 3 is 2.12 bits per heavy atom. The number of ether oxygens (including phenoxy) is 1. The second kappa shape index (κ2) is 9.15. The van der Waals surface area contributed by atoms with Crippen molar-refractivity contribution in [2.24, 2.45) is 5.92 Å². The first-order valence-corrected chi connectivity index (χ1v) is 8.68. The van der Waals surface area contributed by atoms with Gasteiger partial charge in [-0.25, -0.2) is 0 Å². The molecule has 2 N–H and O–H groups in total. The number of esters is 1. The van der Waals surface area contributed by atoms with Crippen molar-refractivity contribution >= 4 is 17.6 Å². The van der Waals surface area contributed by atoms with E-state index >= 15 is 0 Å². The highest BCUT2D eigenvalue weighted by atomic mass is 16.5. The number of nitrogens with one attached hydrogen (secondary N) is 2. The molecule has 0 saturated carbocycles. The molecular weight excluding hydrogens is 328 g/mol. The van der Waals surface area contributed by atoms with Gasteiger partial charge in [0.25, 0.3) is 0 Å². The van der Waals surface area contributed by atoms with Gasteiger partial charge in [-0.3, -0.25) is 14.9 Å². The molecule has 5 heteroatoms. The van der Waals surface area contributed by atoms with Crippen molar-refractivity contribution in [1.29, 1.82) is 0 Å². The maximum Gasteiger partial charge on any atom is 0.323 e. The lowest BCUT2D eigenvalue weighted by atomic mass is 9.99. The van der Waals surface area contributed by atoms with Gasteiger partial charge in [-0.1, -0.05) is 61.9 Å². The molecule has 2 aromatic rings. The summed E-state index contributed by atoms with van der Waals surface area (Å²) in [6, 6.07) is 15.7. The van der Waals surface area contributed by atoms with E-state index in [0.29, 0.717) is 5.69 Å². The number of amides is 1. The van der Waals surface area contributed by atoms with Crippen molar-refractivity contribution in [1.82, 2.24) is 5.32 Å². The van der Waals surface area contributed by atoms with E-state index in [4.69, 9.17) is 4.74 Å². The Morgan fingerprint density at radius 2 is 1.58 bits per heavy atom. The third kappa shape index (κ3) is 5.17. The second-order valence-electron chi connectivity index (χ2n) is 6.61. The summed E-state index contributed by atoms with van der Waals surface area (Å²) in [5, 5.41) is 6.08. The first-order chi connectivity index (χ1) is 12.4. The van der Waals surface area contributed by atoms with Gasteiger partial charge in [0.1, 0.15) is 12.1 Å². The molecule has 138 valence electrons. The van der Waals surface area contributed by atoms with E-state index in [1.807, 2.05) is 75.4 Å². The number of aryl methyl sites for hydroxylation is 1. The average Bonchev–Trinajstić information content (AvgIpc) is 2.64. The molecule has 0 radical (unpaired) electrons. The minimum Gasteiger partial charge on any atom is -0.468 e. The Kier molecular flexibility index (Phi) is 6.92. The van der Waals surface area contributed by atoms with Crippen LogP contribution in [0.3, 0.4) is 0 Å². The summed E-state index contributed by atoms with van der Waals surface area (Å²) in [6.07, 6.45) is 0. The molecule has 2 aromatic carbocycles. The molecule has 0 spiro atoms. The number of benzene rings is 2. The van der Waals surface area contributed by atoms with Gasteiger partial charge in [0.15, 0.2) is 0 Å². The van der Waals surface area contributed by atoms with E-state index in [1.54, 1.807) is 0 Å². The first kappa shape index (κ1) is 19.7. The van der Waals surface area contributed by atoms with Crippen LogP contribution in [0.15, 0.2) is 54.6 Å². The molecule has 0 aliphatic rings. The number of hydrogen-bond donors (Lipinski definition) is 2. The smallest absolute Gasteiger partial charge is 0.323 e. The molecule has 1 amide bonds. The zero-order chi connectivity index (χ0) is 19.1. The van der Waals surface area contributed by atoms with Crippen LogP contribution in [0, 0.1) is 12.8 Å². The number of carbonyl (C=O) groups is 2. The normalized spacial score (nSPS) is 13.1. The molecule has 2 atom stereocenters. The van der Waals surface area contributed by atoms with Crippen molar-refractivity contribution < 1.29 is 14.3 Å². The highest BCUT2D eigenvalue weighted by Crippen LogP contribution is 2.19.